The Bertz CT molecular complexity index is 755. The minimum atomic E-state index is -2.08. The van der Waals surface area contributed by atoms with Gasteiger partial charge in [0.2, 0.25) is 5.67 Å². The summed E-state index contributed by atoms with van der Waals surface area (Å²) < 4.78 is 15.4. The Morgan fingerprint density at radius 1 is 1.50 bits per heavy atom. The number of benzene rings is 1. The first-order valence-electron chi connectivity index (χ1n) is 6.96. The van der Waals surface area contributed by atoms with Crippen molar-refractivity contribution >= 4 is 27.5 Å². The third-order valence-electron chi connectivity index (χ3n) is 4.25. The third-order valence-corrected chi connectivity index (χ3v) is 5.58. The van der Waals surface area contributed by atoms with Crippen LogP contribution in [0.25, 0.3) is 10.2 Å². The molecule has 1 aromatic heterocycles. The number of carbonyl (C=O) groups excluding carboxylic acids is 1. The van der Waals surface area contributed by atoms with Crippen molar-refractivity contribution in [1.29, 1.82) is 0 Å². The molecule has 3 rings (SSSR count). The number of aliphatic hydroxyl groups is 1. The zero-order chi connectivity index (χ0) is 16.3. The number of nitrogens with one attached hydrogen (secondary N) is 1. The molecule has 1 aliphatic carbocycles. The second-order valence-electron chi connectivity index (χ2n) is 6.28. The second kappa shape index (κ2) is 4.71. The zero-order valence-electron chi connectivity index (χ0n) is 12.4. The van der Waals surface area contributed by atoms with Gasteiger partial charge in [-0.3, -0.25) is 10.0 Å². The molecular formula is C15H17FN2O3S. The number of alkyl halides is 1. The zero-order valence-corrected chi connectivity index (χ0v) is 13.2. The van der Waals surface area contributed by atoms with Gasteiger partial charge in [0, 0.05) is 11.8 Å². The summed E-state index contributed by atoms with van der Waals surface area (Å²) in [4.78, 5) is 15.9. The summed E-state index contributed by atoms with van der Waals surface area (Å²) in [7, 11) is 0. The molecule has 3 unspecified atom stereocenters. The molecule has 2 aromatic rings. The van der Waals surface area contributed by atoms with Gasteiger partial charge in [0.25, 0.3) is 5.91 Å². The lowest BCUT2D eigenvalue weighted by atomic mass is 10.1. The number of halogens is 1. The van der Waals surface area contributed by atoms with Gasteiger partial charge in [-0.05, 0) is 31.5 Å². The van der Waals surface area contributed by atoms with Crippen LogP contribution in [0.5, 0.6) is 0 Å². The average molecular weight is 324 g/mol. The smallest absolute Gasteiger partial charge is 0.281 e. The minimum Gasteiger partial charge on any atom is -0.383 e. The Morgan fingerprint density at radius 3 is 2.77 bits per heavy atom. The van der Waals surface area contributed by atoms with Gasteiger partial charge < -0.3 is 5.11 Å². The van der Waals surface area contributed by atoms with E-state index in [-0.39, 0.29) is 0 Å². The molecule has 3 atom stereocenters. The maximum absolute atomic E-state index is 14.6. The quantitative estimate of drug-likeness (QED) is 0.598. The molecule has 1 heterocycles. The van der Waals surface area contributed by atoms with Crippen LogP contribution in [0.15, 0.2) is 18.2 Å². The first-order valence-corrected chi connectivity index (χ1v) is 7.78. The van der Waals surface area contributed by atoms with E-state index in [9.17, 15) is 14.3 Å². The van der Waals surface area contributed by atoms with E-state index in [1.807, 2.05) is 0 Å². The number of hydrogen-bond acceptors (Lipinski definition) is 5. The summed E-state index contributed by atoms with van der Waals surface area (Å²) >= 11 is 1.35. The SMILES string of the molecule is CC1C(c2ccc3nc(C(C)(C)O)sc3c2)C1(F)C(=O)NO. The lowest BCUT2D eigenvalue weighted by Crippen LogP contribution is -2.33. The summed E-state index contributed by atoms with van der Waals surface area (Å²) in [6.45, 7) is 4.96. The topological polar surface area (TPSA) is 82.5 Å². The molecule has 1 saturated carbocycles. The van der Waals surface area contributed by atoms with Crippen LogP contribution in [0.2, 0.25) is 0 Å². The molecule has 0 radical (unpaired) electrons. The number of aromatic nitrogens is 1. The van der Waals surface area contributed by atoms with Crippen LogP contribution in [0.3, 0.4) is 0 Å². The van der Waals surface area contributed by atoms with Crippen LogP contribution in [-0.4, -0.2) is 26.9 Å². The maximum atomic E-state index is 14.6. The molecule has 3 N–H and O–H groups in total. The predicted molar refractivity (Wildman–Crippen MR) is 80.5 cm³/mol. The van der Waals surface area contributed by atoms with Crippen LogP contribution >= 0.6 is 11.3 Å². The van der Waals surface area contributed by atoms with E-state index in [2.05, 4.69) is 4.98 Å². The molecule has 0 aliphatic heterocycles. The summed E-state index contributed by atoms with van der Waals surface area (Å²) in [5.41, 5.74) is -0.282. The van der Waals surface area contributed by atoms with Crippen molar-refractivity contribution in [2.75, 3.05) is 0 Å². The van der Waals surface area contributed by atoms with E-state index < -0.39 is 29.0 Å². The Hall–Kier alpha value is -1.57. The van der Waals surface area contributed by atoms with Gasteiger partial charge in [-0.1, -0.05) is 13.0 Å². The number of nitrogens with zero attached hydrogens (tertiary/aromatic N) is 1. The standard InChI is InChI=1S/C15H17FN2O3S/c1-7-11(15(7,16)12(19)18-21)8-4-5-9-10(6-8)22-13(17-9)14(2,3)20/h4-7,11,20-21H,1-3H3,(H,18,19). The Balaban J connectivity index is 1.99. The number of carbonyl (C=O) groups is 1. The minimum absolute atomic E-state index is 0.501. The van der Waals surface area contributed by atoms with Gasteiger partial charge in [0.1, 0.15) is 10.6 Å². The van der Waals surface area contributed by atoms with Crippen molar-refractivity contribution < 1.29 is 19.5 Å². The van der Waals surface area contributed by atoms with Crippen LogP contribution < -0.4 is 5.48 Å². The van der Waals surface area contributed by atoms with Crippen LogP contribution in [0.4, 0.5) is 4.39 Å². The van der Waals surface area contributed by atoms with E-state index >= 15 is 0 Å². The molecule has 1 amide bonds. The van der Waals surface area contributed by atoms with Gasteiger partial charge >= 0.3 is 0 Å². The van der Waals surface area contributed by atoms with E-state index in [1.165, 1.54) is 16.8 Å². The number of hydrogen-bond donors (Lipinski definition) is 3. The maximum Gasteiger partial charge on any atom is 0.281 e. The first kappa shape index (κ1) is 15.3. The van der Waals surface area contributed by atoms with E-state index in [0.717, 1.165) is 10.2 Å². The van der Waals surface area contributed by atoms with E-state index in [1.54, 1.807) is 39.0 Å². The molecule has 0 spiro atoms. The molecule has 1 fully saturated rings. The van der Waals surface area contributed by atoms with Crippen molar-refractivity contribution in [3.63, 3.8) is 0 Å². The van der Waals surface area contributed by atoms with Crippen LogP contribution in [-0.2, 0) is 10.4 Å². The monoisotopic (exact) mass is 324 g/mol. The molecule has 1 aliphatic rings. The van der Waals surface area contributed by atoms with Gasteiger partial charge in [-0.25, -0.2) is 14.9 Å². The molecule has 1 aromatic carbocycles. The van der Waals surface area contributed by atoms with Gasteiger partial charge in [0.15, 0.2) is 0 Å². The Morgan fingerprint density at radius 2 is 2.18 bits per heavy atom. The molecule has 22 heavy (non-hydrogen) atoms. The fourth-order valence-electron chi connectivity index (χ4n) is 2.88. The van der Waals surface area contributed by atoms with Crippen LogP contribution in [0, 0.1) is 5.92 Å². The predicted octanol–water partition coefficient (Wildman–Crippen LogP) is 2.47. The molecule has 7 heteroatoms. The highest BCUT2D eigenvalue weighted by molar-refractivity contribution is 7.18. The average Bonchev–Trinajstić information content (AvgIpc) is 2.85. The van der Waals surface area contributed by atoms with Crippen molar-refractivity contribution in [2.45, 2.75) is 38.0 Å². The molecular weight excluding hydrogens is 307 g/mol. The number of hydroxylamine groups is 1. The Kier molecular flexibility index (Phi) is 3.28. The number of amides is 1. The lowest BCUT2D eigenvalue weighted by molar-refractivity contribution is -0.136. The van der Waals surface area contributed by atoms with Gasteiger partial charge in [-0.15, -0.1) is 11.3 Å². The Labute approximate surface area is 130 Å². The highest BCUT2D eigenvalue weighted by atomic mass is 32.1. The summed E-state index contributed by atoms with van der Waals surface area (Å²) in [6.07, 6.45) is 0. The van der Waals surface area contributed by atoms with Crippen LogP contribution in [0.1, 0.15) is 37.3 Å². The molecule has 5 nitrogen and oxygen atoms in total. The molecule has 0 bridgehead atoms. The van der Waals surface area contributed by atoms with Crippen molar-refractivity contribution in [1.82, 2.24) is 10.5 Å². The molecule has 118 valence electrons. The van der Waals surface area contributed by atoms with Gasteiger partial charge in [-0.2, -0.15) is 0 Å². The lowest BCUT2D eigenvalue weighted by Gasteiger charge is -2.11. The highest BCUT2D eigenvalue weighted by Gasteiger charge is 2.69. The third kappa shape index (κ3) is 2.12. The number of fused-ring (bicyclic) bond motifs is 1. The first-order chi connectivity index (χ1) is 10.2. The fourth-order valence-corrected chi connectivity index (χ4v) is 3.90. The summed E-state index contributed by atoms with van der Waals surface area (Å²) in [6, 6.07) is 5.30. The summed E-state index contributed by atoms with van der Waals surface area (Å²) in [5.74, 6) is -2.10. The second-order valence-corrected chi connectivity index (χ2v) is 7.31. The van der Waals surface area contributed by atoms with E-state index in [4.69, 9.17) is 5.21 Å². The normalized spacial score (nSPS) is 27.9. The van der Waals surface area contributed by atoms with Gasteiger partial charge in [0.05, 0.1) is 10.2 Å². The van der Waals surface area contributed by atoms with Crippen molar-refractivity contribution in [3.05, 3.63) is 28.8 Å². The fraction of sp³-hybridized carbons (Fsp3) is 0.467. The molecule has 0 saturated heterocycles. The largest absolute Gasteiger partial charge is 0.383 e. The number of rotatable bonds is 3. The summed E-state index contributed by atoms with van der Waals surface area (Å²) in [5, 5.41) is 19.3. The van der Waals surface area contributed by atoms with E-state index in [0.29, 0.717) is 10.6 Å². The van der Waals surface area contributed by atoms with Crippen molar-refractivity contribution in [2.24, 2.45) is 5.92 Å². The number of thiazole rings is 1. The van der Waals surface area contributed by atoms with Crippen molar-refractivity contribution in [3.8, 4) is 0 Å². The highest BCUT2D eigenvalue weighted by Crippen LogP contribution is 2.60.